The molecule has 2 aromatic rings. The molecule has 0 saturated carbocycles. The molecule has 6 nitrogen and oxygen atoms in total. The number of carbonyl (C=O) groups excluding carboxylic acids is 1. The van der Waals surface area contributed by atoms with Crippen molar-refractivity contribution in [3.8, 4) is 5.69 Å². The Balaban J connectivity index is 1.79. The van der Waals surface area contributed by atoms with Crippen LogP contribution in [0.15, 0.2) is 36.5 Å². The van der Waals surface area contributed by atoms with Crippen LogP contribution in [0.5, 0.6) is 0 Å². The first-order valence-corrected chi connectivity index (χ1v) is 6.32. The second-order valence-corrected chi connectivity index (χ2v) is 4.40. The molecule has 0 bridgehead atoms. The van der Waals surface area contributed by atoms with Gasteiger partial charge in [0.1, 0.15) is 0 Å². The number of aromatic nitrogens is 3. The molecule has 0 spiro atoms. The lowest BCUT2D eigenvalue weighted by Crippen LogP contribution is -2.46. The lowest BCUT2D eigenvalue weighted by molar-refractivity contribution is 0.0729. The van der Waals surface area contributed by atoms with E-state index in [-0.39, 0.29) is 5.91 Å². The molecule has 0 radical (unpaired) electrons. The second kappa shape index (κ2) is 5.19. The molecule has 0 aliphatic carbocycles. The molecular weight excluding hydrogens is 242 g/mol. The summed E-state index contributed by atoms with van der Waals surface area (Å²) in [7, 11) is 0. The van der Waals surface area contributed by atoms with Crippen LogP contribution in [0.3, 0.4) is 0 Å². The highest BCUT2D eigenvalue weighted by Crippen LogP contribution is 2.06. The van der Waals surface area contributed by atoms with Crippen LogP contribution in [0.1, 0.15) is 10.5 Å². The molecule has 1 amide bonds. The van der Waals surface area contributed by atoms with Gasteiger partial charge in [0.15, 0.2) is 5.69 Å². The van der Waals surface area contributed by atoms with Crippen LogP contribution in [0, 0.1) is 0 Å². The zero-order chi connectivity index (χ0) is 13.1. The van der Waals surface area contributed by atoms with Gasteiger partial charge in [-0.3, -0.25) is 4.79 Å². The van der Waals surface area contributed by atoms with Crippen LogP contribution in [-0.2, 0) is 0 Å². The average molecular weight is 257 g/mol. The first-order chi connectivity index (χ1) is 9.34. The minimum Gasteiger partial charge on any atom is -0.335 e. The maximum Gasteiger partial charge on any atom is 0.276 e. The molecule has 1 aliphatic rings. The third-order valence-corrected chi connectivity index (χ3v) is 3.10. The van der Waals surface area contributed by atoms with E-state index < -0.39 is 0 Å². The lowest BCUT2D eigenvalue weighted by Gasteiger charge is -2.26. The van der Waals surface area contributed by atoms with Crippen LogP contribution in [0.2, 0.25) is 0 Å². The van der Waals surface area contributed by atoms with Gasteiger partial charge in [-0.25, -0.2) is 0 Å². The van der Waals surface area contributed by atoms with Crippen molar-refractivity contribution in [2.45, 2.75) is 0 Å². The lowest BCUT2D eigenvalue weighted by atomic mass is 10.3. The summed E-state index contributed by atoms with van der Waals surface area (Å²) in [6.45, 7) is 3.10. The Morgan fingerprint density at radius 2 is 1.89 bits per heavy atom. The van der Waals surface area contributed by atoms with E-state index in [1.54, 1.807) is 4.90 Å². The Kier molecular flexibility index (Phi) is 3.24. The van der Waals surface area contributed by atoms with Gasteiger partial charge in [-0.05, 0) is 12.1 Å². The molecule has 19 heavy (non-hydrogen) atoms. The summed E-state index contributed by atoms with van der Waals surface area (Å²) in [6, 6.07) is 9.56. The molecule has 6 heteroatoms. The molecule has 1 aliphatic heterocycles. The maximum atomic E-state index is 12.2. The standard InChI is InChI=1S/C13H15N5O/c19-13(17-8-6-14-7-9-17)12-10-15-18(16-12)11-4-2-1-3-5-11/h1-5,10,14H,6-9H2. The van der Waals surface area contributed by atoms with E-state index in [0.717, 1.165) is 31.9 Å². The SMILES string of the molecule is O=C(c1cnn(-c2ccccc2)n1)N1CCNCC1. The van der Waals surface area contributed by atoms with Gasteiger partial charge in [0.2, 0.25) is 0 Å². The van der Waals surface area contributed by atoms with Crippen molar-refractivity contribution in [1.29, 1.82) is 0 Å². The third-order valence-electron chi connectivity index (χ3n) is 3.10. The maximum absolute atomic E-state index is 12.2. The molecule has 0 unspecified atom stereocenters. The summed E-state index contributed by atoms with van der Waals surface area (Å²) >= 11 is 0. The quantitative estimate of drug-likeness (QED) is 0.841. The zero-order valence-electron chi connectivity index (χ0n) is 10.5. The number of rotatable bonds is 2. The highest BCUT2D eigenvalue weighted by atomic mass is 16.2. The van der Waals surface area contributed by atoms with Crippen LogP contribution in [-0.4, -0.2) is 52.0 Å². The molecule has 1 aromatic carbocycles. The van der Waals surface area contributed by atoms with Gasteiger partial charge >= 0.3 is 0 Å². The molecule has 1 fully saturated rings. The number of benzene rings is 1. The Bertz CT molecular complexity index is 559. The molecule has 2 heterocycles. The van der Waals surface area contributed by atoms with Crippen molar-refractivity contribution in [2.24, 2.45) is 0 Å². The van der Waals surface area contributed by atoms with Crippen LogP contribution >= 0.6 is 0 Å². The third kappa shape index (κ3) is 2.48. The minimum atomic E-state index is -0.0521. The van der Waals surface area contributed by atoms with Crippen LogP contribution < -0.4 is 5.32 Å². The average Bonchev–Trinajstić information content (AvgIpc) is 2.98. The number of nitrogens with one attached hydrogen (secondary N) is 1. The van der Waals surface area contributed by atoms with Gasteiger partial charge in [0.25, 0.3) is 5.91 Å². The van der Waals surface area contributed by atoms with Gasteiger partial charge in [0, 0.05) is 26.2 Å². The molecular formula is C13H15N5O. The largest absolute Gasteiger partial charge is 0.335 e. The fourth-order valence-corrected chi connectivity index (χ4v) is 2.08. The predicted molar refractivity (Wildman–Crippen MR) is 70.1 cm³/mol. The monoisotopic (exact) mass is 257 g/mol. The Hall–Kier alpha value is -2.21. The van der Waals surface area contributed by atoms with Crippen molar-refractivity contribution in [1.82, 2.24) is 25.2 Å². The topological polar surface area (TPSA) is 63.1 Å². The number of para-hydroxylation sites is 1. The normalized spacial score (nSPS) is 15.5. The van der Waals surface area contributed by atoms with Crippen LogP contribution in [0.25, 0.3) is 5.69 Å². The number of piperazine rings is 1. The number of nitrogens with zero attached hydrogens (tertiary/aromatic N) is 4. The number of hydrogen-bond acceptors (Lipinski definition) is 4. The molecule has 1 aromatic heterocycles. The van der Waals surface area contributed by atoms with Gasteiger partial charge in [-0.15, -0.1) is 5.10 Å². The van der Waals surface area contributed by atoms with Crippen molar-refractivity contribution in [2.75, 3.05) is 26.2 Å². The Morgan fingerprint density at radius 1 is 1.16 bits per heavy atom. The summed E-state index contributed by atoms with van der Waals surface area (Å²) in [6.07, 6.45) is 1.53. The molecule has 1 saturated heterocycles. The van der Waals surface area contributed by atoms with Crippen molar-refractivity contribution in [3.63, 3.8) is 0 Å². The first-order valence-electron chi connectivity index (χ1n) is 6.32. The summed E-state index contributed by atoms with van der Waals surface area (Å²) in [5.41, 5.74) is 1.24. The minimum absolute atomic E-state index is 0.0521. The molecule has 1 N–H and O–H groups in total. The smallest absolute Gasteiger partial charge is 0.276 e. The Morgan fingerprint density at radius 3 is 2.63 bits per heavy atom. The van der Waals surface area contributed by atoms with E-state index in [0.29, 0.717) is 5.69 Å². The number of hydrogen-bond donors (Lipinski definition) is 1. The van der Waals surface area contributed by atoms with Gasteiger partial charge in [0.05, 0.1) is 11.9 Å². The summed E-state index contributed by atoms with van der Waals surface area (Å²) < 4.78 is 0. The first kappa shape index (κ1) is 11.9. The van der Waals surface area contributed by atoms with E-state index in [2.05, 4.69) is 15.5 Å². The zero-order valence-corrected chi connectivity index (χ0v) is 10.5. The molecule has 3 rings (SSSR count). The second-order valence-electron chi connectivity index (χ2n) is 4.40. The highest BCUT2D eigenvalue weighted by molar-refractivity contribution is 5.92. The van der Waals surface area contributed by atoms with Crippen molar-refractivity contribution in [3.05, 3.63) is 42.2 Å². The molecule has 98 valence electrons. The van der Waals surface area contributed by atoms with Gasteiger partial charge in [-0.1, -0.05) is 18.2 Å². The summed E-state index contributed by atoms with van der Waals surface area (Å²) in [5, 5.41) is 11.6. The summed E-state index contributed by atoms with van der Waals surface area (Å²) in [5.74, 6) is -0.0521. The van der Waals surface area contributed by atoms with Gasteiger partial charge < -0.3 is 10.2 Å². The van der Waals surface area contributed by atoms with E-state index in [4.69, 9.17) is 0 Å². The number of amides is 1. The van der Waals surface area contributed by atoms with E-state index >= 15 is 0 Å². The van der Waals surface area contributed by atoms with Crippen molar-refractivity contribution < 1.29 is 4.79 Å². The fourth-order valence-electron chi connectivity index (χ4n) is 2.08. The number of carbonyl (C=O) groups is 1. The summed E-state index contributed by atoms with van der Waals surface area (Å²) in [4.78, 5) is 15.5. The highest BCUT2D eigenvalue weighted by Gasteiger charge is 2.20. The van der Waals surface area contributed by atoms with E-state index in [9.17, 15) is 4.79 Å². The predicted octanol–water partition coefficient (Wildman–Crippen LogP) is 0.313. The van der Waals surface area contributed by atoms with E-state index in [1.165, 1.54) is 11.0 Å². The Labute approximate surface area is 111 Å². The van der Waals surface area contributed by atoms with E-state index in [1.807, 2.05) is 30.3 Å². The van der Waals surface area contributed by atoms with Gasteiger partial charge in [-0.2, -0.15) is 9.90 Å². The van der Waals surface area contributed by atoms with Crippen molar-refractivity contribution >= 4 is 5.91 Å². The molecule has 0 atom stereocenters. The van der Waals surface area contributed by atoms with Crippen LogP contribution in [0.4, 0.5) is 0 Å². The fraction of sp³-hybridized carbons (Fsp3) is 0.308.